The number of carbonyl (C=O) groups excluding carboxylic acids is 3. The zero-order valence-corrected chi connectivity index (χ0v) is 20.5. The molecule has 2 aliphatic rings. The minimum Gasteiger partial charge on any atom is -0.330 e. The molecular formula is C26H26ClFN4O3. The van der Waals surface area contributed by atoms with Crippen LogP contribution in [-0.4, -0.2) is 53.2 Å². The molecule has 0 aromatic heterocycles. The molecule has 7 nitrogen and oxygen atoms in total. The number of benzene rings is 2. The van der Waals surface area contributed by atoms with Gasteiger partial charge in [-0.05, 0) is 42.2 Å². The van der Waals surface area contributed by atoms with E-state index < -0.39 is 35.1 Å². The van der Waals surface area contributed by atoms with E-state index in [1.807, 2.05) is 32.0 Å². The molecule has 35 heavy (non-hydrogen) atoms. The molecule has 0 bridgehead atoms. The number of fused-ring (bicyclic) bond motifs is 2. The molecule has 1 unspecified atom stereocenters. The molecule has 9 heteroatoms. The molecule has 0 radical (unpaired) electrons. The summed E-state index contributed by atoms with van der Waals surface area (Å²) < 4.78 is 13.5. The monoisotopic (exact) mass is 496 g/mol. The highest BCUT2D eigenvalue weighted by molar-refractivity contribution is 6.33. The molecule has 1 spiro atoms. The second-order valence-corrected chi connectivity index (χ2v) is 9.99. The highest BCUT2D eigenvalue weighted by atomic mass is 35.5. The first kappa shape index (κ1) is 24.7. The Morgan fingerprint density at radius 1 is 1.31 bits per heavy atom. The molecule has 2 aliphatic heterocycles. The molecule has 1 saturated heterocycles. The fraction of sp³-hybridized carbons (Fsp3) is 0.385. The van der Waals surface area contributed by atoms with Gasteiger partial charge in [0.1, 0.15) is 17.9 Å². The molecule has 0 aliphatic carbocycles. The van der Waals surface area contributed by atoms with Gasteiger partial charge in [0.15, 0.2) is 0 Å². The number of nitrogens with one attached hydrogen (secondary N) is 1. The molecule has 2 heterocycles. The summed E-state index contributed by atoms with van der Waals surface area (Å²) in [5.41, 5.74) is 0.512. The van der Waals surface area contributed by atoms with Crippen LogP contribution in [0.5, 0.6) is 0 Å². The third-order valence-electron chi connectivity index (χ3n) is 6.84. The zero-order chi connectivity index (χ0) is 25.5. The maximum atomic E-state index is 13.9. The minimum absolute atomic E-state index is 0.0425. The van der Waals surface area contributed by atoms with Gasteiger partial charge in [-0.15, -0.1) is 0 Å². The van der Waals surface area contributed by atoms with Crippen molar-refractivity contribution in [3.63, 3.8) is 0 Å². The van der Waals surface area contributed by atoms with Crippen LogP contribution in [-0.2, 0) is 15.0 Å². The Hall–Kier alpha value is -3.44. The third kappa shape index (κ3) is 4.25. The van der Waals surface area contributed by atoms with Crippen molar-refractivity contribution in [3.05, 3.63) is 64.4 Å². The van der Waals surface area contributed by atoms with Crippen LogP contribution >= 0.6 is 11.6 Å². The van der Waals surface area contributed by atoms with Gasteiger partial charge in [0.05, 0.1) is 22.1 Å². The summed E-state index contributed by atoms with van der Waals surface area (Å²) in [5.74, 6) is -1.69. The summed E-state index contributed by atoms with van der Waals surface area (Å²) in [7, 11) is 1.50. The summed E-state index contributed by atoms with van der Waals surface area (Å²) in [6, 6.07) is 11.2. The van der Waals surface area contributed by atoms with Crippen molar-refractivity contribution in [1.29, 1.82) is 5.26 Å². The summed E-state index contributed by atoms with van der Waals surface area (Å²) in [5, 5.41) is 12.7. The zero-order valence-electron chi connectivity index (χ0n) is 19.7. The van der Waals surface area contributed by atoms with Gasteiger partial charge in [-0.25, -0.2) is 4.39 Å². The Kier molecular flexibility index (Phi) is 6.56. The van der Waals surface area contributed by atoms with Gasteiger partial charge in [0.25, 0.3) is 5.91 Å². The second-order valence-electron chi connectivity index (χ2n) is 9.58. The normalized spacial score (nSPS) is 21.6. The van der Waals surface area contributed by atoms with Crippen molar-refractivity contribution in [1.82, 2.24) is 9.80 Å². The number of halogens is 2. The van der Waals surface area contributed by atoms with E-state index in [-0.39, 0.29) is 35.4 Å². The largest absolute Gasteiger partial charge is 0.330 e. The number of hydrogen-bond donors (Lipinski definition) is 1. The molecule has 2 aromatic carbocycles. The topological polar surface area (TPSA) is 93.5 Å². The molecule has 182 valence electrons. The molecule has 1 fully saturated rings. The Bertz CT molecular complexity index is 1240. The Morgan fingerprint density at radius 2 is 2.03 bits per heavy atom. The van der Waals surface area contributed by atoms with Crippen LogP contribution in [0.15, 0.2) is 42.5 Å². The minimum atomic E-state index is -1.02. The average Bonchev–Trinajstić information content (AvgIpc) is 3.34. The fourth-order valence-electron chi connectivity index (χ4n) is 5.04. The van der Waals surface area contributed by atoms with Crippen LogP contribution in [0.3, 0.4) is 0 Å². The van der Waals surface area contributed by atoms with Crippen LogP contribution in [0.2, 0.25) is 5.02 Å². The Morgan fingerprint density at radius 3 is 2.69 bits per heavy atom. The molecule has 1 N–H and O–H groups in total. The average molecular weight is 497 g/mol. The van der Waals surface area contributed by atoms with E-state index in [0.29, 0.717) is 12.1 Å². The smallest absolute Gasteiger partial charge is 0.255 e. The quantitative estimate of drug-likeness (QED) is 0.677. The van der Waals surface area contributed by atoms with E-state index in [1.165, 1.54) is 22.9 Å². The highest BCUT2D eigenvalue weighted by Crippen LogP contribution is 2.46. The van der Waals surface area contributed by atoms with Crippen molar-refractivity contribution >= 4 is 35.0 Å². The van der Waals surface area contributed by atoms with Crippen molar-refractivity contribution in [3.8, 4) is 6.07 Å². The number of likely N-dealkylation sites (N-methyl/N-ethyl adjacent to an activating group) is 1. The van der Waals surface area contributed by atoms with Gasteiger partial charge < -0.3 is 15.1 Å². The van der Waals surface area contributed by atoms with Crippen LogP contribution in [0.25, 0.3) is 0 Å². The molecule has 4 rings (SSSR count). The summed E-state index contributed by atoms with van der Waals surface area (Å²) in [6.07, 6.45) is 0.512. The SMILES string of the molecule is CC(C)C[C@@H](C(=O)N1C[C@]2(CC1C#N)C(=O)Nc1ccccc12)N(C)C(=O)c1ccc(F)cc1Cl. The number of carbonyl (C=O) groups is 3. The lowest BCUT2D eigenvalue weighted by Crippen LogP contribution is -2.52. The lowest BCUT2D eigenvalue weighted by Gasteiger charge is -2.33. The van der Waals surface area contributed by atoms with Crippen molar-refractivity contribution in [2.24, 2.45) is 5.92 Å². The standard InChI is InChI=1S/C26H26ClFN4O3/c1-15(2)10-22(31(3)23(33)18-9-8-16(28)11-20(18)27)24(34)32-14-26(12-17(32)13-29)19-6-4-5-7-21(19)30-25(26)35/h4-9,11,15,17,22H,10,12,14H2,1-3H3,(H,30,35)/t17?,22-,26-/m0/s1. The summed E-state index contributed by atoms with van der Waals surface area (Å²) >= 11 is 6.11. The van der Waals surface area contributed by atoms with Crippen LogP contribution in [0.4, 0.5) is 10.1 Å². The Balaban J connectivity index is 1.67. The first-order chi connectivity index (χ1) is 16.6. The number of hydrogen-bond acceptors (Lipinski definition) is 4. The van der Waals surface area contributed by atoms with Gasteiger partial charge in [-0.2, -0.15) is 5.26 Å². The predicted molar refractivity (Wildman–Crippen MR) is 129 cm³/mol. The molecule has 0 saturated carbocycles. The summed E-state index contributed by atoms with van der Waals surface area (Å²) in [6.45, 7) is 3.90. The third-order valence-corrected chi connectivity index (χ3v) is 7.16. The first-order valence-electron chi connectivity index (χ1n) is 11.4. The van der Waals surface area contributed by atoms with Gasteiger partial charge >= 0.3 is 0 Å². The second kappa shape index (κ2) is 9.31. The van der Waals surface area contributed by atoms with E-state index in [9.17, 15) is 24.0 Å². The van der Waals surface area contributed by atoms with Crippen LogP contribution in [0.1, 0.15) is 42.6 Å². The fourth-order valence-corrected chi connectivity index (χ4v) is 5.29. The van der Waals surface area contributed by atoms with Crippen molar-refractivity contribution in [2.45, 2.75) is 44.2 Å². The van der Waals surface area contributed by atoms with Crippen LogP contribution in [0, 0.1) is 23.1 Å². The number of nitrogens with zero attached hydrogens (tertiary/aromatic N) is 3. The molecular weight excluding hydrogens is 471 g/mol. The number of likely N-dealkylation sites (tertiary alicyclic amines) is 1. The van der Waals surface area contributed by atoms with Crippen molar-refractivity contribution < 1.29 is 18.8 Å². The lowest BCUT2D eigenvalue weighted by molar-refractivity contribution is -0.136. The number of nitriles is 1. The maximum absolute atomic E-state index is 13.9. The maximum Gasteiger partial charge on any atom is 0.255 e. The highest BCUT2D eigenvalue weighted by Gasteiger charge is 2.56. The predicted octanol–water partition coefficient (Wildman–Crippen LogP) is 3.98. The van der Waals surface area contributed by atoms with Crippen molar-refractivity contribution in [2.75, 3.05) is 18.9 Å². The van der Waals surface area contributed by atoms with Gasteiger partial charge in [-0.1, -0.05) is 43.6 Å². The molecule has 2 aromatic rings. The Labute approximate surface area is 208 Å². The lowest BCUT2D eigenvalue weighted by atomic mass is 9.80. The molecule has 3 atom stereocenters. The van der Waals surface area contributed by atoms with E-state index in [1.54, 1.807) is 6.07 Å². The van der Waals surface area contributed by atoms with Gasteiger partial charge in [-0.3, -0.25) is 14.4 Å². The van der Waals surface area contributed by atoms with E-state index in [4.69, 9.17) is 11.6 Å². The van der Waals surface area contributed by atoms with Crippen LogP contribution < -0.4 is 5.32 Å². The first-order valence-corrected chi connectivity index (χ1v) is 11.8. The number of anilines is 1. The van der Waals surface area contributed by atoms with E-state index in [2.05, 4.69) is 11.4 Å². The van der Waals surface area contributed by atoms with Gasteiger partial charge in [0, 0.05) is 25.7 Å². The number of amides is 3. The van der Waals surface area contributed by atoms with E-state index in [0.717, 1.165) is 17.7 Å². The number of rotatable bonds is 5. The van der Waals surface area contributed by atoms with E-state index >= 15 is 0 Å². The summed E-state index contributed by atoms with van der Waals surface area (Å²) in [4.78, 5) is 42.9. The molecule has 3 amide bonds. The van der Waals surface area contributed by atoms with Gasteiger partial charge in [0.2, 0.25) is 11.8 Å². The number of para-hydroxylation sites is 1.